The second-order valence-electron chi connectivity index (χ2n) is 3.38. The van der Waals surface area contributed by atoms with Gasteiger partial charge in [-0.05, 0) is 25.3 Å². The molecule has 1 atom stereocenters. The molecule has 1 rings (SSSR count). The first kappa shape index (κ1) is 9.24. The molecule has 1 aliphatic carbocycles. The molecular weight excluding hydrogens is 148 g/mol. The SMILES string of the molecule is C=CCC1CC(CCC)=CC1=O. The van der Waals surface area contributed by atoms with E-state index in [1.54, 1.807) is 0 Å². The lowest BCUT2D eigenvalue weighted by Gasteiger charge is -2.04. The van der Waals surface area contributed by atoms with Gasteiger partial charge in [-0.15, -0.1) is 6.58 Å². The molecule has 0 N–H and O–H groups in total. The summed E-state index contributed by atoms with van der Waals surface area (Å²) in [6.45, 7) is 5.80. The Hall–Kier alpha value is -0.850. The van der Waals surface area contributed by atoms with Crippen LogP contribution in [0.15, 0.2) is 24.3 Å². The van der Waals surface area contributed by atoms with Crippen molar-refractivity contribution in [2.75, 3.05) is 0 Å². The first-order valence-corrected chi connectivity index (χ1v) is 4.62. The maximum absolute atomic E-state index is 11.3. The second-order valence-corrected chi connectivity index (χ2v) is 3.38. The molecule has 0 spiro atoms. The van der Waals surface area contributed by atoms with Crippen LogP contribution in [0.5, 0.6) is 0 Å². The van der Waals surface area contributed by atoms with Gasteiger partial charge in [-0.3, -0.25) is 4.79 Å². The fourth-order valence-electron chi connectivity index (χ4n) is 1.69. The quantitative estimate of drug-likeness (QED) is 0.584. The molecule has 0 aromatic heterocycles. The highest BCUT2D eigenvalue weighted by Crippen LogP contribution is 2.27. The molecule has 0 bridgehead atoms. The molecule has 0 saturated heterocycles. The van der Waals surface area contributed by atoms with Gasteiger partial charge in [0.15, 0.2) is 5.78 Å². The monoisotopic (exact) mass is 164 g/mol. The lowest BCUT2D eigenvalue weighted by Crippen LogP contribution is -2.04. The third-order valence-electron chi connectivity index (χ3n) is 2.28. The highest BCUT2D eigenvalue weighted by molar-refractivity contribution is 5.95. The maximum Gasteiger partial charge on any atom is 0.159 e. The zero-order valence-electron chi connectivity index (χ0n) is 7.68. The number of carbonyl (C=O) groups excluding carboxylic acids is 1. The summed E-state index contributed by atoms with van der Waals surface area (Å²) in [6.07, 6.45) is 7.70. The van der Waals surface area contributed by atoms with Crippen molar-refractivity contribution in [1.82, 2.24) is 0 Å². The standard InChI is InChI=1S/C11H16O/c1-3-5-9-7-10(6-4-2)11(12)8-9/h4,8,10H,2-3,5-7H2,1H3. The van der Waals surface area contributed by atoms with Crippen LogP contribution in [-0.4, -0.2) is 5.78 Å². The second kappa shape index (κ2) is 4.24. The van der Waals surface area contributed by atoms with Crippen molar-refractivity contribution in [3.05, 3.63) is 24.3 Å². The molecule has 1 heteroatoms. The van der Waals surface area contributed by atoms with Gasteiger partial charge in [0.2, 0.25) is 0 Å². The Kier molecular flexibility index (Phi) is 3.27. The highest BCUT2D eigenvalue weighted by atomic mass is 16.1. The van der Waals surface area contributed by atoms with Crippen LogP contribution >= 0.6 is 0 Å². The summed E-state index contributed by atoms with van der Waals surface area (Å²) in [6, 6.07) is 0. The summed E-state index contributed by atoms with van der Waals surface area (Å²) in [7, 11) is 0. The van der Waals surface area contributed by atoms with E-state index in [1.165, 1.54) is 5.57 Å². The molecule has 12 heavy (non-hydrogen) atoms. The van der Waals surface area contributed by atoms with Crippen LogP contribution in [0.1, 0.15) is 32.6 Å². The van der Waals surface area contributed by atoms with E-state index in [1.807, 2.05) is 12.2 Å². The maximum atomic E-state index is 11.3. The predicted molar refractivity (Wildman–Crippen MR) is 50.9 cm³/mol. The fourth-order valence-corrected chi connectivity index (χ4v) is 1.69. The molecule has 1 unspecified atom stereocenters. The Morgan fingerprint density at radius 2 is 2.50 bits per heavy atom. The Labute approximate surface area is 74.2 Å². The van der Waals surface area contributed by atoms with Crippen LogP contribution in [-0.2, 0) is 4.79 Å². The molecule has 0 aliphatic heterocycles. The molecule has 0 aromatic carbocycles. The Morgan fingerprint density at radius 1 is 1.75 bits per heavy atom. The fraction of sp³-hybridized carbons (Fsp3) is 0.545. The first-order valence-electron chi connectivity index (χ1n) is 4.62. The molecule has 0 heterocycles. The molecule has 1 aliphatic rings. The van der Waals surface area contributed by atoms with Crippen molar-refractivity contribution in [2.24, 2.45) is 5.92 Å². The van der Waals surface area contributed by atoms with E-state index in [9.17, 15) is 4.79 Å². The van der Waals surface area contributed by atoms with Crippen molar-refractivity contribution in [3.8, 4) is 0 Å². The molecule has 0 amide bonds. The number of hydrogen-bond donors (Lipinski definition) is 0. The number of rotatable bonds is 4. The average molecular weight is 164 g/mol. The summed E-state index contributed by atoms with van der Waals surface area (Å²) < 4.78 is 0. The van der Waals surface area contributed by atoms with Crippen molar-refractivity contribution in [2.45, 2.75) is 32.6 Å². The molecule has 0 fully saturated rings. The molecular formula is C11H16O. The van der Waals surface area contributed by atoms with Gasteiger partial charge >= 0.3 is 0 Å². The van der Waals surface area contributed by atoms with Crippen molar-refractivity contribution >= 4 is 5.78 Å². The Balaban J connectivity index is 2.48. The van der Waals surface area contributed by atoms with Crippen LogP contribution in [0.25, 0.3) is 0 Å². The van der Waals surface area contributed by atoms with Crippen LogP contribution in [0, 0.1) is 5.92 Å². The van der Waals surface area contributed by atoms with E-state index in [-0.39, 0.29) is 5.92 Å². The van der Waals surface area contributed by atoms with E-state index in [4.69, 9.17) is 0 Å². The van der Waals surface area contributed by atoms with E-state index in [2.05, 4.69) is 13.5 Å². The van der Waals surface area contributed by atoms with Gasteiger partial charge in [-0.1, -0.05) is 25.0 Å². The molecule has 66 valence electrons. The van der Waals surface area contributed by atoms with Gasteiger partial charge in [-0.2, -0.15) is 0 Å². The van der Waals surface area contributed by atoms with Gasteiger partial charge in [-0.25, -0.2) is 0 Å². The molecule has 0 saturated carbocycles. The molecule has 0 radical (unpaired) electrons. The number of allylic oxidation sites excluding steroid dienone is 3. The van der Waals surface area contributed by atoms with Crippen LogP contribution in [0.2, 0.25) is 0 Å². The smallest absolute Gasteiger partial charge is 0.159 e. The largest absolute Gasteiger partial charge is 0.295 e. The minimum atomic E-state index is 0.212. The summed E-state index contributed by atoms with van der Waals surface area (Å²) in [5, 5.41) is 0. The number of carbonyl (C=O) groups is 1. The number of ketones is 1. The van der Waals surface area contributed by atoms with E-state index in [0.717, 1.165) is 25.7 Å². The third kappa shape index (κ3) is 2.07. The van der Waals surface area contributed by atoms with E-state index < -0.39 is 0 Å². The summed E-state index contributed by atoms with van der Waals surface area (Å²) in [5.74, 6) is 0.516. The summed E-state index contributed by atoms with van der Waals surface area (Å²) in [5.41, 5.74) is 1.33. The van der Waals surface area contributed by atoms with Crippen molar-refractivity contribution in [1.29, 1.82) is 0 Å². The van der Waals surface area contributed by atoms with Crippen molar-refractivity contribution in [3.63, 3.8) is 0 Å². The van der Waals surface area contributed by atoms with Crippen molar-refractivity contribution < 1.29 is 4.79 Å². The third-order valence-corrected chi connectivity index (χ3v) is 2.28. The summed E-state index contributed by atoms with van der Waals surface area (Å²) >= 11 is 0. The molecule has 1 nitrogen and oxygen atoms in total. The highest BCUT2D eigenvalue weighted by Gasteiger charge is 2.22. The average Bonchev–Trinajstić information content (AvgIpc) is 2.34. The van der Waals surface area contributed by atoms with E-state index >= 15 is 0 Å². The topological polar surface area (TPSA) is 17.1 Å². The van der Waals surface area contributed by atoms with Gasteiger partial charge in [0.25, 0.3) is 0 Å². The lowest BCUT2D eigenvalue weighted by molar-refractivity contribution is -0.117. The zero-order valence-corrected chi connectivity index (χ0v) is 7.68. The van der Waals surface area contributed by atoms with Gasteiger partial charge in [0.1, 0.15) is 0 Å². The van der Waals surface area contributed by atoms with Gasteiger partial charge < -0.3 is 0 Å². The first-order chi connectivity index (χ1) is 5.77. The Morgan fingerprint density at radius 3 is 3.08 bits per heavy atom. The minimum Gasteiger partial charge on any atom is -0.295 e. The van der Waals surface area contributed by atoms with Gasteiger partial charge in [0, 0.05) is 5.92 Å². The van der Waals surface area contributed by atoms with Gasteiger partial charge in [0.05, 0.1) is 0 Å². The zero-order chi connectivity index (χ0) is 8.97. The lowest BCUT2D eigenvalue weighted by atomic mass is 9.99. The minimum absolute atomic E-state index is 0.212. The van der Waals surface area contributed by atoms with E-state index in [0.29, 0.717) is 5.78 Å². The predicted octanol–water partition coefficient (Wildman–Crippen LogP) is 2.88. The van der Waals surface area contributed by atoms with Crippen LogP contribution < -0.4 is 0 Å². The Bertz CT molecular complexity index is 213. The number of hydrogen-bond acceptors (Lipinski definition) is 1. The normalized spacial score (nSPS) is 22.6. The summed E-state index contributed by atoms with van der Waals surface area (Å²) in [4.78, 5) is 11.3. The van der Waals surface area contributed by atoms with Crippen LogP contribution in [0.4, 0.5) is 0 Å². The molecule has 0 aromatic rings. The van der Waals surface area contributed by atoms with Crippen LogP contribution in [0.3, 0.4) is 0 Å².